The van der Waals surface area contributed by atoms with Crippen LogP contribution in [0.5, 0.6) is 0 Å². The number of aromatic amines is 1. The van der Waals surface area contributed by atoms with Crippen molar-refractivity contribution in [1.82, 2.24) is 4.98 Å². The highest BCUT2D eigenvalue weighted by molar-refractivity contribution is 6.13. The third-order valence-electron chi connectivity index (χ3n) is 4.42. The molecule has 1 heterocycles. The molecule has 3 aromatic rings. The first-order valence-corrected chi connectivity index (χ1v) is 8.37. The first-order valence-electron chi connectivity index (χ1n) is 8.37. The van der Waals surface area contributed by atoms with Crippen LogP contribution in [-0.4, -0.2) is 24.0 Å². The van der Waals surface area contributed by atoms with E-state index in [0.717, 1.165) is 35.2 Å². The van der Waals surface area contributed by atoms with Gasteiger partial charge in [0.05, 0.1) is 5.56 Å². The van der Waals surface area contributed by atoms with E-state index < -0.39 is 0 Å². The number of carbonyl (C=O) groups is 1. The molecule has 0 saturated carbocycles. The predicted molar refractivity (Wildman–Crippen MR) is 101 cm³/mol. The summed E-state index contributed by atoms with van der Waals surface area (Å²) in [6.45, 7) is 8.25. The van der Waals surface area contributed by atoms with Crippen LogP contribution in [-0.2, 0) is 0 Å². The van der Waals surface area contributed by atoms with E-state index in [4.69, 9.17) is 0 Å². The smallest absolute Gasteiger partial charge is 0.257 e. The summed E-state index contributed by atoms with van der Waals surface area (Å²) >= 11 is 0. The number of rotatable bonds is 5. The average molecular weight is 321 g/mol. The Morgan fingerprint density at radius 3 is 2.58 bits per heavy atom. The SMILES string of the molecule is CCN(CC)c1ccc(NC(=O)c2c[nH]c3ccccc23)c(C)c1. The van der Waals surface area contributed by atoms with E-state index >= 15 is 0 Å². The summed E-state index contributed by atoms with van der Waals surface area (Å²) in [5, 5.41) is 3.97. The van der Waals surface area contributed by atoms with Crippen LogP contribution in [0.15, 0.2) is 48.7 Å². The van der Waals surface area contributed by atoms with Gasteiger partial charge in [-0.1, -0.05) is 18.2 Å². The second kappa shape index (κ2) is 6.79. The molecule has 24 heavy (non-hydrogen) atoms. The summed E-state index contributed by atoms with van der Waals surface area (Å²) in [6, 6.07) is 14.0. The number of fused-ring (bicyclic) bond motifs is 1. The molecular formula is C20H23N3O. The van der Waals surface area contributed by atoms with Crippen molar-refractivity contribution in [2.45, 2.75) is 20.8 Å². The normalized spacial score (nSPS) is 10.8. The zero-order chi connectivity index (χ0) is 17.1. The maximum absolute atomic E-state index is 12.6. The minimum atomic E-state index is -0.0915. The number of carbonyl (C=O) groups excluding carboxylic acids is 1. The molecule has 0 fully saturated rings. The molecule has 4 heteroatoms. The quantitative estimate of drug-likeness (QED) is 0.723. The molecule has 4 nitrogen and oxygen atoms in total. The Balaban J connectivity index is 1.84. The summed E-state index contributed by atoms with van der Waals surface area (Å²) < 4.78 is 0. The Kier molecular flexibility index (Phi) is 4.56. The number of amides is 1. The van der Waals surface area contributed by atoms with Crippen molar-refractivity contribution in [3.8, 4) is 0 Å². The van der Waals surface area contributed by atoms with Crippen molar-refractivity contribution in [1.29, 1.82) is 0 Å². The minimum Gasteiger partial charge on any atom is -0.372 e. The van der Waals surface area contributed by atoms with Gasteiger partial charge in [-0.2, -0.15) is 0 Å². The maximum atomic E-state index is 12.6. The highest BCUT2D eigenvalue weighted by atomic mass is 16.1. The van der Waals surface area contributed by atoms with Gasteiger partial charge in [0, 0.05) is 41.6 Å². The number of aromatic nitrogens is 1. The third kappa shape index (κ3) is 3.00. The summed E-state index contributed by atoms with van der Waals surface area (Å²) in [6.07, 6.45) is 1.76. The summed E-state index contributed by atoms with van der Waals surface area (Å²) in [7, 11) is 0. The van der Waals surface area contributed by atoms with Crippen molar-refractivity contribution in [2.24, 2.45) is 0 Å². The molecule has 2 N–H and O–H groups in total. The van der Waals surface area contributed by atoms with Crippen molar-refractivity contribution in [3.63, 3.8) is 0 Å². The van der Waals surface area contributed by atoms with Crippen LogP contribution in [0.25, 0.3) is 10.9 Å². The van der Waals surface area contributed by atoms with E-state index in [1.165, 1.54) is 5.69 Å². The van der Waals surface area contributed by atoms with Gasteiger partial charge in [-0.3, -0.25) is 4.79 Å². The van der Waals surface area contributed by atoms with Crippen LogP contribution in [0, 0.1) is 6.92 Å². The fraction of sp³-hybridized carbons (Fsp3) is 0.250. The zero-order valence-corrected chi connectivity index (χ0v) is 14.4. The fourth-order valence-electron chi connectivity index (χ4n) is 3.02. The lowest BCUT2D eigenvalue weighted by Gasteiger charge is -2.22. The van der Waals surface area contributed by atoms with E-state index in [0.29, 0.717) is 5.56 Å². The van der Waals surface area contributed by atoms with Gasteiger partial charge in [-0.25, -0.2) is 0 Å². The number of nitrogens with zero attached hydrogens (tertiary/aromatic N) is 1. The Hall–Kier alpha value is -2.75. The largest absolute Gasteiger partial charge is 0.372 e. The van der Waals surface area contributed by atoms with Crippen molar-refractivity contribution < 1.29 is 4.79 Å². The lowest BCUT2D eigenvalue weighted by atomic mass is 10.1. The number of anilines is 2. The number of H-pyrrole nitrogens is 1. The van der Waals surface area contributed by atoms with E-state index in [9.17, 15) is 4.79 Å². The molecular weight excluding hydrogens is 298 g/mol. The second-order valence-corrected chi connectivity index (χ2v) is 5.87. The number of hydrogen-bond donors (Lipinski definition) is 2. The van der Waals surface area contributed by atoms with Gasteiger partial charge in [-0.05, 0) is 50.6 Å². The molecule has 1 amide bonds. The van der Waals surface area contributed by atoms with Gasteiger partial charge in [0.25, 0.3) is 5.91 Å². The standard InChI is InChI=1S/C20H23N3O/c1-4-23(5-2)15-10-11-18(14(3)12-15)22-20(24)17-13-21-19-9-7-6-8-16(17)19/h6-13,21H,4-5H2,1-3H3,(H,22,24). The summed E-state index contributed by atoms with van der Waals surface area (Å²) in [4.78, 5) is 18.1. The van der Waals surface area contributed by atoms with Gasteiger partial charge in [0.15, 0.2) is 0 Å². The lowest BCUT2D eigenvalue weighted by molar-refractivity contribution is 0.102. The molecule has 2 aromatic carbocycles. The molecule has 0 aliphatic carbocycles. The number of nitrogens with one attached hydrogen (secondary N) is 2. The number of benzene rings is 2. The molecule has 0 saturated heterocycles. The van der Waals surface area contributed by atoms with E-state index in [-0.39, 0.29) is 5.91 Å². The molecule has 0 unspecified atom stereocenters. The summed E-state index contributed by atoms with van der Waals surface area (Å²) in [5.41, 5.74) is 4.73. The molecule has 124 valence electrons. The van der Waals surface area contributed by atoms with Crippen LogP contribution in [0.2, 0.25) is 0 Å². The number of hydrogen-bond acceptors (Lipinski definition) is 2. The van der Waals surface area contributed by atoms with E-state index in [1.54, 1.807) is 6.20 Å². The Labute approximate surface area is 142 Å². The van der Waals surface area contributed by atoms with Crippen LogP contribution >= 0.6 is 0 Å². The molecule has 0 spiro atoms. The number of para-hydroxylation sites is 1. The van der Waals surface area contributed by atoms with Crippen molar-refractivity contribution in [3.05, 3.63) is 59.8 Å². The van der Waals surface area contributed by atoms with Crippen LogP contribution < -0.4 is 10.2 Å². The topological polar surface area (TPSA) is 48.1 Å². The van der Waals surface area contributed by atoms with Crippen LogP contribution in [0.4, 0.5) is 11.4 Å². The summed E-state index contributed by atoms with van der Waals surface area (Å²) in [5.74, 6) is -0.0915. The van der Waals surface area contributed by atoms with E-state index in [1.807, 2.05) is 37.3 Å². The molecule has 1 aromatic heterocycles. The van der Waals surface area contributed by atoms with E-state index in [2.05, 4.69) is 41.2 Å². The monoisotopic (exact) mass is 321 g/mol. The second-order valence-electron chi connectivity index (χ2n) is 5.87. The molecule has 0 aliphatic rings. The minimum absolute atomic E-state index is 0.0915. The van der Waals surface area contributed by atoms with Crippen molar-refractivity contribution in [2.75, 3.05) is 23.3 Å². The fourth-order valence-corrected chi connectivity index (χ4v) is 3.02. The lowest BCUT2D eigenvalue weighted by Crippen LogP contribution is -2.22. The predicted octanol–water partition coefficient (Wildman–Crippen LogP) is 4.57. The molecule has 3 rings (SSSR count). The molecule has 0 atom stereocenters. The average Bonchev–Trinajstić information content (AvgIpc) is 3.02. The van der Waals surface area contributed by atoms with Gasteiger partial charge >= 0.3 is 0 Å². The first kappa shape index (κ1) is 16.1. The van der Waals surface area contributed by atoms with Crippen molar-refractivity contribution >= 4 is 28.2 Å². The Bertz CT molecular complexity index is 862. The van der Waals surface area contributed by atoms with Crippen LogP contribution in [0.3, 0.4) is 0 Å². The third-order valence-corrected chi connectivity index (χ3v) is 4.42. The van der Waals surface area contributed by atoms with Gasteiger partial charge < -0.3 is 15.2 Å². The first-order chi connectivity index (χ1) is 11.6. The zero-order valence-electron chi connectivity index (χ0n) is 14.4. The van der Waals surface area contributed by atoms with Gasteiger partial charge in [0.2, 0.25) is 0 Å². The van der Waals surface area contributed by atoms with Gasteiger partial charge in [-0.15, -0.1) is 0 Å². The van der Waals surface area contributed by atoms with Gasteiger partial charge in [0.1, 0.15) is 0 Å². The molecule has 0 radical (unpaired) electrons. The Morgan fingerprint density at radius 1 is 1.12 bits per heavy atom. The maximum Gasteiger partial charge on any atom is 0.257 e. The molecule has 0 aliphatic heterocycles. The molecule has 0 bridgehead atoms. The van der Waals surface area contributed by atoms with Crippen LogP contribution in [0.1, 0.15) is 29.8 Å². The Morgan fingerprint density at radius 2 is 1.88 bits per heavy atom. The highest BCUT2D eigenvalue weighted by Gasteiger charge is 2.13. The highest BCUT2D eigenvalue weighted by Crippen LogP contribution is 2.24. The number of aryl methyl sites for hydroxylation is 1.